The first-order chi connectivity index (χ1) is 9.51. The SMILES string of the molecule is CCc1nn(C)c(COC(=O)Cn2ccc(N)n2)c1Cl. The number of hydrogen-bond donors (Lipinski definition) is 1. The Bertz CT molecular complexity index is 619. The van der Waals surface area contributed by atoms with Gasteiger partial charge in [0.2, 0.25) is 0 Å². The number of aryl methyl sites for hydroxylation is 2. The highest BCUT2D eigenvalue weighted by Crippen LogP contribution is 2.21. The summed E-state index contributed by atoms with van der Waals surface area (Å²) in [6.45, 7) is 2.05. The number of carbonyl (C=O) groups is 1. The van der Waals surface area contributed by atoms with E-state index in [-0.39, 0.29) is 13.2 Å². The van der Waals surface area contributed by atoms with Gasteiger partial charge < -0.3 is 10.5 Å². The number of halogens is 1. The minimum Gasteiger partial charge on any atom is -0.458 e. The van der Waals surface area contributed by atoms with E-state index in [1.807, 2.05) is 6.92 Å². The van der Waals surface area contributed by atoms with Crippen LogP contribution < -0.4 is 5.73 Å². The van der Waals surface area contributed by atoms with Crippen molar-refractivity contribution in [1.29, 1.82) is 0 Å². The molecule has 20 heavy (non-hydrogen) atoms. The quantitative estimate of drug-likeness (QED) is 0.837. The monoisotopic (exact) mass is 297 g/mol. The molecule has 2 heterocycles. The predicted molar refractivity (Wildman–Crippen MR) is 74.0 cm³/mol. The Kier molecular flexibility index (Phi) is 4.29. The summed E-state index contributed by atoms with van der Waals surface area (Å²) >= 11 is 6.17. The van der Waals surface area contributed by atoms with E-state index in [2.05, 4.69) is 10.2 Å². The van der Waals surface area contributed by atoms with Crippen molar-refractivity contribution in [2.24, 2.45) is 7.05 Å². The first-order valence-electron chi connectivity index (χ1n) is 6.16. The van der Waals surface area contributed by atoms with Gasteiger partial charge in [-0.2, -0.15) is 10.2 Å². The fourth-order valence-corrected chi connectivity index (χ4v) is 2.12. The van der Waals surface area contributed by atoms with Crippen LogP contribution >= 0.6 is 11.6 Å². The summed E-state index contributed by atoms with van der Waals surface area (Å²) in [4.78, 5) is 11.7. The lowest BCUT2D eigenvalue weighted by molar-refractivity contribution is -0.146. The molecule has 0 amide bonds. The summed E-state index contributed by atoms with van der Waals surface area (Å²) in [5.74, 6) is -0.0523. The second-order valence-corrected chi connectivity index (χ2v) is 4.66. The molecule has 0 fully saturated rings. The Morgan fingerprint density at radius 3 is 2.80 bits per heavy atom. The smallest absolute Gasteiger partial charge is 0.328 e. The highest BCUT2D eigenvalue weighted by Gasteiger charge is 2.15. The number of aromatic nitrogens is 4. The van der Waals surface area contributed by atoms with Gasteiger partial charge in [0.15, 0.2) is 0 Å². The Balaban J connectivity index is 1.95. The second kappa shape index (κ2) is 5.96. The normalized spacial score (nSPS) is 10.8. The van der Waals surface area contributed by atoms with E-state index >= 15 is 0 Å². The van der Waals surface area contributed by atoms with Crippen LogP contribution in [0.3, 0.4) is 0 Å². The molecule has 0 aliphatic heterocycles. The summed E-state index contributed by atoms with van der Waals surface area (Å²) in [5, 5.41) is 8.71. The van der Waals surface area contributed by atoms with Crippen LogP contribution in [0.4, 0.5) is 5.82 Å². The van der Waals surface area contributed by atoms with Crippen LogP contribution in [0.15, 0.2) is 12.3 Å². The van der Waals surface area contributed by atoms with Crippen molar-refractivity contribution in [2.45, 2.75) is 26.5 Å². The van der Waals surface area contributed by atoms with Gasteiger partial charge in [-0.25, -0.2) is 0 Å². The molecule has 2 aromatic heterocycles. The number of rotatable bonds is 5. The van der Waals surface area contributed by atoms with E-state index in [1.54, 1.807) is 24.0 Å². The van der Waals surface area contributed by atoms with Crippen molar-refractivity contribution < 1.29 is 9.53 Å². The summed E-state index contributed by atoms with van der Waals surface area (Å²) in [7, 11) is 1.77. The van der Waals surface area contributed by atoms with Crippen molar-refractivity contribution >= 4 is 23.4 Å². The van der Waals surface area contributed by atoms with Gasteiger partial charge in [-0.15, -0.1) is 0 Å². The number of nitrogens with zero attached hydrogens (tertiary/aromatic N) is 4. The number of ether oxygens (including phenoxy) is 1. The predicted octanol–water partition coefficient (Wildman–Crippen LogP) is 1.16. The number of esters is 1. The van der Waals surface area contributed by atoms with Gasteiger partial charge in [0, 0.05) is 13.2 Å². The van der Waals surface area contributed by atoms with E-state index in [1.165, 1.54) is 4.68 Å². The van der Waals surface area contributed by atoms with Gasteiger partial charge in [-0.1, -0.05) is 18.5 Å². The number of hydrogen-bond acceptors (Lipinski definition) is 5. The first-order valence-corrected chi connectivity index (χ1v) is 6.53. The molecular formula is C12H16ClN5O2. The summed E-state index contributed by atoms with van der Waals surface area (Å²) in [6.07, 6.45) is 2.34. The lowest BCUT2D eigenvalue weighted by Gasteiger charge is -2.06. The molecule has 0 aliphatic rings. The zero-order valence-corrected chi connectivity index (χ0v) is 12.1. The van der Waals surface area contributed by atoms with Crippen LogP contribution in [-0.4, -0.2) is 25.5 Å². The van der Waals surface area contributed by atoms with Crippen molar-refractivity contribution in [1.82, 2.24) is 19.6 Å². The second-order valence-electron chi connectivity index (χ2n) is 4.28. The van der Waals surface area contributed by atoms with E-state index in [4.69, 9.17) is 22.1 Å². The van der Waals surface area contributed by atoms with E-state index < -0.39 is 5.97 Å². The highest BCUT2D eigenvalue weighted by atomic mass is 35.5. The molecule has 2 rings (SSSR count). The number of nitrogens with two attached hydrogens (primary N) is 1. The largest absolute Gasteiger partial charge is 0.458 e. The van der Waals surface area contributed by atoms with Gasteiger partial charge in [0.25, 0.3) is 0 Å². The van der Waals surface area contributed by atoms with Gasteiger partial charge >= 0.3 is 5.97 Å². The van der Waals surface area contributed by atoms with Crippen molar-refractivity contribution in [3.63, 3.8) is 0 Å². The third-order valence-corrected chi connectivity index (χ3v) is 3.26. The molecule has 108 valence electrons. The molecule has 2 N–H and O–H groups in total. The van der Waals surface area contributed by atoms with Gasteiger partial charge in [0.05, 0.1) is 16.4 Å². The molecule has 8 heteroatoms. The maximum Gasteiger partial charge on any atom is 0.328 e. The summed E-state index contributed by atoms with van der Waals surface area (Å²) in [6, 6.07) is 1.61. The zero-order chi connectivity index (χ0) is 14.7. The number of nitrogen functional groups attached to an aromatic ring is 1. The van der Waals surface area contributed by atoms with E-state index in [0.29, 0.717) is 16.5 Å². The van der Waals surface area contributed by atoms with Crippen LogP contribution in [0.25, 0.3) is 0 Å². The van der Waals surface area contributed by atoms with Gasteiger partial charge in [0.1, 0.15) is 19.0 Å². The minimum atomic E-state index is -0.414. The van der Waals surface area contributed by atoms with Gasteiger partial charge in [-0.3, -0.25) is 14.2 Å². The molecular weight excluding hydrogens is 282 g/mol. The third kappa shape index (κ3) is 3.11. The minimum absolute atomic E-state index is 0.00725. The van der Waals surface area contributed by atoms with Crippen LogP contribution in [0.5, 0.6) is 0 Å². The van der Waals surface area contributed by atoms with Crippen molar-refractivity contribution in [3.05, 3.63) is 28.7 Å². The van der Waals surface area contributed by atoms with E-state index in [0.717, 1.165) is 12.1 Å². The number of carbonyl (C=O) groups excluding carboxylic acids is 1. The fraction of sp³-hybridized carbons (Fsp3) is 0.417. The van der Waals surface area contributed by atoms with Crippen molar-refractivity contribution in [3.8, 4) is 0 Å². The molecule has 0 saturated carbocycles. The Hall–Kier alpha value is -2.02. The summed E-state index contributed by atoms with van der Waals surface area (Å²) < 4.78 is 8.22. The van der Waals surface area contributed by atoms with E-state index in [9.17, 15) is 4.79 Å². The maximum atomic E-state index is 11.7. The Morgan fingerprint density at radius 2 is 2.25 bits per heavy atom. The average molecular weight is 298 g/mol. The topological polar surface area (TPSA) is 88.0 Å². The van der Waals surface area contributed by atoms with Crippen LogP contribution in [0, 0.1) is 0 Å². The van der Waals surface area contributed by atoms with Crippen molar-refractivity contribution in [2.75, 3.05) is 5.73 Å². The summed E-state index contributed by atoms with van der Waals surface area (Å²) in [5.41, 5.74) is 6.93. The molecule has 0 spiro atoms. The molecule has 0 unspecified atom stereocenters. The molecule has 0 radical (unpaired) electrons. The average Bonchev–Trinajstić information content (AvgIpc) is 2.92. The molecule has 0 saturated heterocycles. The molecule has 0 bridgehead atoms. The fourth-order valence-electron chi connectivity index (χ4n) is 1.77. The molecule has 7 nitrogen and oxygen atoms in total. The van der Waals surface area contributed by atoms with Gasteiger partial charge in [-0.05, 0) is 12.5 Å². The number of anilines is 1. The highest BCUT2D eigenvalue weighted by molar-refractivity contribution is 6.31. The lowest BCUT2D eigenvalue weighted by Crippen LogP contribution is -2.15. The molecule has 0 aromatic carbocycles. The molecule has 2 aromatic rings. The standard InChI is InChI=1S/C12H16ClN5O2/c1-3-8-12(13)9(17(2)15-8)7-20-11(19)6-18-5-4-10(14)16-18/h4-5H,3,6-7H2,1-2H3,(H2,14,16). The van der Waals surface area contributed by atoms with Crippen LogP contribution in [-0.2, 0) is 36.2 Å². The maximum absolute atomic E-state index is 11.7. The lowest BCUT2D eigenvalue weighted by atomic mass is 10.3. The third-order valence-electron chi connectivity index (χ3n) is 2.83. The molecule has 0 aliphatic carbocycles. The Morgan fingerprint density at radius 1 is 1.50 bits per heavy atom. The Labute approximate surface area is 121 Å². The van der Waals surface area contributed by atoms with Crippen LogP contribution in [0.1, 0.15) is 18.3 Å². The first kappa shape index (κ1) is 14.4. The zero-order valence-electron chi connectivity index (χ0n) is 11.3. The molecule has 0 atom stereocenters. The van der Waals surface area contributed by atoms with Crippen LogP contribution in [0.2, 0.25) is 5.02 Å².